The minimum Gasteiger partial charge on any atom is -1.00 e. The first-order chi connectivity index (χ1) is 5.33. The van der Waals surface area contributed by atoms with Crippen molar-refractivity contribution >= 4 is 0 Å². The fraction of sp³-hybridized carbons (Fsp3) is 1.00. The summed E-state index contributed by atoms with van der Waals surface area (Å²) in [6.45, 7) is 10.0. The third-order valence-corrected chi connectivity index (χ3v) is 2.76. The summed E-state index contributed by atoms with van der Waals surface area (Å²) >= 11 is 0. The fourth-order valence-corrected chi connectivity index (χ4v) is 1.83. The van der Waals surface area contributed by atoms with Gasteiger partial charge in [-0.2, -0.15) is 0 Å². The van der Waals surface area contributed by atoms with E-state index < -0.39 is 0 Å². The van der Waals surface area contributed by atoms with E-state index in [1.54, 1.807) is 0 Å². The quantitative estimate of drug-likeness (QED) is 0.500. The van der Waals surface area contributed by atoms with Crippen molar-refractivity contribution in [1.82, 2.24) is 0 Å². The highest BCUT2D eigenvalue weighted by Gasteiger charge is 2.29. The normalized spacial score (nSPS) is 20.5. The number of rotatable bonds is 4. The van der Waals surface area contributed by atoms with Gasteiger partial charge < -0.3 is 21.6 Å². The standard InChI is InChI=1S/C9H20NO.ClH/c1-3-10(9-11-4-2)7-5-6-8-10;/h3-9H2,1-2H3;1H/q+1;/p-1. The smallest absolute Gasteiger partial charge is 0.183 e. The molecule has 12 heavy (non-hydrogen) atoms. The molecule has 0 amide bonds. The zero-order valence-corrected chi connectivity index (χ0v) is 8.94. The molecule has 0 N–H and O–H groups in total. The Bertz CT molecular complexity index is 113. The molecular formula is C9H20ClNO. The summed E-state index contributed by atoms with van der Waals surface area (Å²) in [6, 6.07) is 0. The van der Waals surface area contributed by atoms with Gasteiger partial charge in [-0.15, -0.1) is 0 Å². The predicted octanol–water partition coefficient (Wildman–Crippen LogP) is -1.39. The van der Waals surface area contributed by atoms with Crippen molar-refractivity contribution in [3.63, 3.8) is 0 Å². The van der Waals surface area contributed by atoms with Crippen LogP contribution in [0, 0.1) is 0 Å². The van der Waals surface area contributed by atoms with E-state index in [0.29, 0.717) is 0 Å². The van der Waals surface area contributed by atoms with Gasteiger partial charge in [0.1, 0.15) is 0 Å². The van der Waals surface area contributed by atoms with Gasteiger partial charge in [-0.05, 0) is 13.8 Å². The highest BCUT2D eigenvalue weighted by atomic mass is 35.5. The summed E-state index contributed by atoms with van der Waals surface area (Å²) < 4.78 is 6.69. The van der Waals surface area contributed by atoms with Gasteiger partial charge in [0.05, 0.1) is 19.6 Å². The maximum Gasteiger partial charge on any atom is 0.183 e. The van der Waals surface area contributed by atoms with E-state index in [1.165, 1.54) is 37.0 Å². The summed E-state index contributed by atoms with van der Waals surface area (Å²) in [5.74, 6) is 0. The molecule has 0 spiro atoms. The maximum absolute atomic E-state index is 5.48. The van der Waals surface area contributed by atoms with Crippen LogP contribution in [0.5, 0.6) is 0 Å². The molecule has 74 valence electrons. The zero-order valence-electron chi connectivity index (χ0n) is 8.18. The Hall–Kier alpha value is 0.210. The van der Waals surface area contributed by atoms with E-state index >= 15 is 0 Å². The van der Waals surface area contributed by atoms with Gasteiger partial charge in [0.25, 0.3) is 0 Å². The van der Waals surface area contributed by atoms with E-state index in [0.717, 1.165) is 13.3 Å². The van der Waals surface area contributed by atoms with Crippen LogP contribution in [0.2, 0.25) is 0 Å². The molecule has 1 heterocycles. The molecule has 0 atom stereocenters. The van der Waals surface area contributed by atoms with Crippen LogP contribution in [0.1, 0.15) is 26.7 Å². The predicted molar refractivity (Wildman–Crippen MR) is 46.3 cm³/mol. The number of quaternary nitrogens is 1. The lowest BCUT2D eigenvalue weighted by molar-refractivity contribution is -0.933. The molecule has 0 aromatic heterocycles. The van der Waals surface area contributed by atoms with Crippen molar-refractivity contribution in [3.05, 3.63) is 0 Å². The van der Waals surface area contributed by atoms with Gasteiger partial charge in [0.2, 0.25) is 0 Å². The minimum atomic E-state index is 0. The third kappa shape index (κ3) is 2.92. The summed E-state index contributed by atoms with van der Waals surface area (Å²) in [6.07, 6.45) is 2.78. The van der Waals surface area contributed by atoms with Crippen LogP contribution < -0.4 is 12.4 Å². The molecular weight excluding hydrogens is 174 g/mol. The molecule has 1 saturated heterocycles. The Kier molecular flexibility index (Phi) is 5.89. The molecule has 0 radical (unpaired) electrons. The summed E-state index contributed by atoms with van der Waals surface area (Å²) in [5.41, 5.74) is 0. The Balaban J connectivity index is 0.00000121. The summed E-state index contributed by atoms with van der Waals surface area (Å²) in [5, 5.41) is 0. The number of hydrogen-bond acceptors (Lipinski definition) is 1. The summed E-state index contributed by atoms with van der Waals surface area (Å²) in [4.78, 5) is 0. The van der Waals surface area contributed by atoms with Crippen molar-refractivity contribution < 1.29 is 21.6 Å². The van der Waals surface area contributed by atoms with Gasteiger partial charge in [0, 0.05) is 19.4 Å². The molecule has 2 nitrogen and oxygen atoms in total. The van der Waals surface area contributed by atoms with Crippen LogP contribution in [0.15, 0.2) is 0 Å². The van der Waals surface area contributed by atoms with Crippen molar-refractivity contribution in [2.24, 2.45) is 0 Å². The molecule has 1 aliphatic rings. The van der Waals surface area contributed by atoms with E-state index in [2.05, 4.69) is 13.8 Å². The highest BCUT2D eigenvalue weighted by Crippen LogP contribution is 2.18. The molecule has 1 rings (SSSR count). The average Bonchev–Trinajstić information content (AvgIpc) is 2.50. The zero-order chi connectivity index (χ0) is 8.16. The van der Waals surface area contributed by atoms with Crippen LogP contribution in [0.4, 0.5) is 0 Å². The first-order valence-electron chi connectivity index (χ1n) is 4.76. The molecule has 0 aromatic rings. The maximum atomic E-state index is 5.48. The van der Waals surface area contributed by atoms with Gasteiger partial charge in [-0.1, -0.05) is 0 Å². The lowest BCUT2D eigenvalue weighted by Crippen LogP contribution is -3.00. The van der Waals surface area contributed by atoms with E-state index in [-0.39, 0.29) is 12.4 Å². The summed E-state index contributed by atoms with van der Waals surface area (Å²) in [7, 11) is 0. The first kappa shape index (κ1) is 12.2. The van der Waals surface area contributed by atoms with Gasteiger partial charge in [-0.3, -0.25) is 0 Å². The second-order valence-electron chi connectivity index (χ2n) is 3.43. The third-order valence-electron chi connectivity index (χ3n) is 2.76. The monoisotopic (exact) mass is 193 g/mol. The number of nitrogens with zero attached hydrogens (tertiary/aromatic N) is 1. The Morgan fingerprint density at radius 2 is 1.75 bits per heavy atom. The second kappa shape index (κ2) is 5.79. The lowest BCUT2D eigenvalue weighted by Gasteiger charge is -2.32. The van der Waals surface area contributed by atoms with Crippen molar-refractivity contribution in [3.8, 4) is 0 Å². The highest BCUT2D eigenvalue weighted by molar-refractivity contribution is 4.50. The second-order valence-corrected chi connectivity index (χ2v) is 3.43. The van der Waals surface area contributed by atoms with E-state index in [1.807, 2.05) is 0 Å². The number of ether oxygens (including phenoxy) is 1. The van der Waals surface area contributed by atoms with Crippen LogP contribution in [-0.4, -0.2) is 37.5 Å². The van der Waals surface area contributed by atoms with Crippen molar-refractivity contribution in [2.75, 3.05) is 33.0 Å². The SMILES string of the molecule is CCOC[N+]1(CC)CCCC1.[Cl-]. The average molecular weight is 194 g/mol. The molecule has 3 heteroatoms. The number of likely N-dealkylation sites (tertiary alicyclic amines) is 1. The largest absolute Gasteiger partial charge is 1.00 e. The van der Waals surface area contributed by atoms with Crippen molar-refractivity contribution in [2.45, 2.75) is 26.7 Å². The molecule has 0 aromatic carbocycles. The van der Waals surface area contributed by atoms with Crippen molar-refractivity contribution in [1.29, 1.82) is 0 Å². The topological polar surface area (TPSA) is 9.23 Å². The van der Waals surface area contributed by atoms with Gasteiger partial charge >= 0.3 is 0 Å². The Morgan fingerprint density at radius 3 is 2.17 bits per heavy atom. The van der Waals surface area contributed by atoms with Crippen LogP contribution in [0.25, 0.3) is 0 Å². The molecule has 0 saturated carbocycles. The molecule has 1 fully saturated rings. The minimum absolute atomic E-state index is 0. The fourth-order valence-electron chi connectivity index (χ4n) is 1.83. The Labute approximate surface area is 81.9 Å². The van der Waals surface area contributed by atoms with Crippen LogP contribution in [0.3, 0.4) is 0 Å². The van der Waals surface area contributed by atoms with E-state index in [9.17, 15) is 0 Å². The first-order valence-corrected chi connectivity index (χ1v) is 4.76. The lowest BCUT2D eigenvalue weighted by atomic mass is 10.4. The number of halogens is 1. The van der Waals surface area contributed by atoms with Gasteiger partial charge in [0.15, 0.2) is 6.73 Å². The molecule has 0 aliphatic carbocycles. The molecule has 0 bridgehead atoms. The van der Waals surface area contributed by atoms with E-state index in [4.69, 9.17) is 4.74 Å². The van der Waals surface area contributed by atoms with Crippen LogP contribution >= 0.6 is 0 Å². The molecule has 0 unspecified atom stereocenters. The van der Waals surface area contributed by atoms with Gasteiger partial charge in [-0.25, -0.2) is 0 Å². The molecule has 1 aliphatic heterocycles. The number of hydrogen-bond donors (Lipinski definition) is 0. The van der Waals surface area contributed by atoms with Crippen LogP contribution in [-0.2, 0) is 4.74 Å². The Morgan fingerprint density at radius 1 is 1.17 bits per heavy atom.